The maximum atomic E-state index is 13.4. The van der Waals surface area contributed by atoms with Crippen molar-refractivity contribution >= 4 is 15.8 Å². The van der Waals surface area contributed by atoms with Gasteiger partial charge in [0.15, 0.2) is 5.78 Å². The van der Waals surface area contributed by atoms with E-state index in [4.69, 9.17) is 14.2 Å². The molecule has 1 fully saturated rings. The number of hydrogen-bond acceptors (Lipinski definition) is 6. The van der Waals surface area contributed by atoms with Crippen LogP contribution in [0.4, 0.5) is 0 Å². The van der Waals surface area contributed by atoms with Crippen LogP contribution < -0.4 is 14.2 Å². The third-order valence-electron chi connectivity index (χ3n) is 6.33. The van der Waals surface area contributed by atoms with Crippen LogP contribution >= 0.6 is 0 Å². The number of hydrogen-bond donors (Lipinski definition) is 0. The van der Waals surface area contributed by atoms with E-state index in [1.165, 1.54) is 11.4 Å². The number of rotatable bonds is 4. The second-order valence-electron chi connectivity index (χ2n) is 8.24. The van der Waals surface area contributed by atoms with Crippen molar-refractivity contribution in [3.63, 3.8) is 0 Å². The number of methoxy groups -OCH3 is 2. The van der Waals surface area contributed by atoms with Crippen LogP contribution in [0.15, 0.2) is 35.2 Å². The second kappa shape index (κ2) is 7.84. The zero-order valence-corrected chi connectivity index (χ0v) is 19.0. The largest absolute Gasteiger partial charge is 0.497 e. The normalized spacial score (nSPS) is 18.4. The van der Waals surface area contributed by atoms with E-state index in [1.807, 2.05) is 13.8 Å². The highest BCUT2D eigenvalue weighted by molar-refractivity contribution is 7.89. The number of ketones is 1. The van der Waals surface area contributed by atoms with E-state index >= 15 is 0 Å². The number of piperidine rings is 1. The topological polar surface area (TPSA) is 82.1 Å². The fraction of sp³-hybridized carbons (Fsp3) is 0.435. The second-order valence-corrected chi connectivity index (χ2v) is 10.1. The Bertz CT molecular complexity index is 1130. The number of carbonyl (C=O) groups excluding carboxylic acids is 1. The average Bonchev–Trinajstić information content (AvgIpc) is 2.75. The fourth-order valence-electron chi connectivity index (χ4n) is 4.28. The highest BCUT2D eigenvalue weighted by Gasteiger charge is 2.45. The number of ether oxygens (including phenoxy) is 3. The molecule has 2 aromatic rings. The number of Topliss-reactive ketones (excluding diaryl/α,β-unsaturated/α-hetero) is 1. The number of benzene rings is 2. The lowest BCUT2D eigenvalue weighted by Gasteiger charge is -2.43. The molecule has 2 heterocycles. The average molecular weight is 446 g/mol. The molecule has 4 rings (SSSR count). The summed E-state index contributed by atoms with van der Waals surface area (Å²) in [4.78, 5) is 12.9. The Hall–Kier alpha value is -2.58. The molecule has 166 valence electrons. The Labute approximate surface area is 183 Å². The number of nitrogens with zero attached hydrogens (tertiary/aromatic N) is 1. The maximum absolute atomic E-state index is 13.4. The van der Waals surface area contributed by atoms with Crippen molar-refractivity contribution in [2.75, 3.05) is 27.3 Å². The summed E-state index contributed by atoms with van der Waals surface area (Å²) in [7, 11) is -0.700. The van der Waals surface area contributed by atoms with E-state index in [2.05, 4.69) is 0 Å². The monoisotopic (exact) mass is 445 g/mol. The first-order chi connectivity index (χ1) is 14.7. The SMILES string of the molecule is COc1ccc2c(c1)OC1(CCN(S(=O)(=O)c3cc(C)c(C)cc3OC)CC1)CC2=O. The highest BCUT2D eigenvalue weighted by atomic mass is 32.2. The molecule has 2 aliphatic rings. The first-order valence-corrected chi connectivity index (χ1v) is 11.7. The molecule has 0 saturated carbocycles. The zero-order valence-electron chi connectivity index (χ0n) is 18.2. The van der Waals surface area contributed by atoms with E-state index < -0.39 is 15.6 Å². The van der Waals surface area contributed by atoms with Crippen LogP contribution in [0.5, 0.6) is 17.2 Å². The lowest BCUT2D eigenvalue weighted by atomic mass is 9.83. The van der Waals surface area contributed by atoms with Gasteiger partial charge in [-0.3, -0.25) is 4.79 Å². The zero-order chi connectivity index (χ0) is 22.4. The summed E-state index contributed by atoms with van der Waals surface area (Å²) >= 11 is 0. The molecule has 0 atom stereocenters. The standard InChI is InChI=1S/C23H27NO6S/c1-15-11-21(29-4)22(12-16(15)2)31(26,27)24-9-7-23(8-10-24)14-19(25)18-6-5-17(28-3)13-20(18)30-23/h5-6,11-13H,7-10,14H2,1-4H3. The Kier molecular flexibility index (Phi) is 5.47. The lowest BCUT2D eigenvalue weighted by molar-refractivity contribution is 0.00576. The first kappa shape index (κ1) is 21.6. The van der Waals surface area contributed by atoms with Gasteiger partial charge < -0.3 is 14.2 Å². The van der Waals surface area contributed by atoms with Gasteiger partial charge in [0.2, 0.25) is 10.0 Å². The van der Waals surface area contributed by atoms with Gasteiger partial charge >= 0.3 is 0 Å². The van der Waals surface area contributed by atoms with Crippen molar-refractivity contribution in [1.29, 1.82) is 0 Å². The predicted octanol–water partition coefficient (Wildman–Crippen LogP) is 3.51. The smallest absolute Gasteiger partial charge is 0.246 e. The van der Waals surface area contributed by atoms with Crippen LogP contribution in [-0.2, 0) is 10.0 Å². The van der Waals surface area contributed by atoms with Crippen molar-refractivity contribution in [2.45, 2.75) is 43.6 Å². The number of carbonyl (C=O) groups is 1. The minimum absolute atomic E-state index is 0.0102. The van der Waals surface area contributed by atoms with Crippen molar-refractivity contribution in [2.24, 2.45) is 0 Å². The van der Waals surface area contributed by atoms with Crippen LogP contribution in [0.3, 0.4) is 0 Å². The third-order valence-corrected chi connectivity index (χ3v) is 8.25. The summed E-state index contributed by atoms with van der Waals surface area (Å²) in [6, 6.07) is 8.59. The van der Waals surface area contributed by atoms with Gasteiger partial charge in [-0.1, -0.05) is 0 Å². The molecule has 0 radical (unpaired) electrons. The summed E-state index contributed by atoms with van der Waals surface area (Å²) in [5, 5.41) is 0. The lowest BCUT2D eigenvalue weighted by Crippen LogP contribution is -2.52. The Morgan fingerprint density at radius 1 is 1.00 bits per heavy atom. The van der Waals surface area contributed by atoms with Crippen LogP contribution in [0, 0.1) is 13.8 Å². The van der Waals surface area contributed by atoms with Crippen molar-refractivity contribution in [3.8, 4) is 17.2 Å². The number of fused-ring (bicyclic) bond motifs is 1. The van der Waals surface area contributed by atoms with E-state index in [1.54, 1.807) is 37.4 Å². The summed E-state index contributed by atoms with van der Waals surface area (Å²) in [6.07, 6.45) is 1.11. The minimum Gasteiger partial charge on any atom is -0.497 e. The minimum atomic E-state index is -3.74. The molecule has 1 saturated heterocycles. The van der Waals surface area contributed by atoms with Crippen LogP contribution in [0.25, 0.3) is 0 Å². The molecular formula is C23H27NO6S. The highest BCUT2D eigenvalue weighted by Crippen LogP contribution is 2.42. The van der Waals surface area contributed by atoms with Gasteiger partial charge in [-0.25, -0.2) is 8.42 Å². The Balaban J connectivity index is 1.57. The fourth-order valence-corrected chi connectivity index (χ4v) is 5.94. The van der Waals surface area contributed by atoms with Gasteiger partial charge in [-0.05, 0) is 49.2 Å². The molecule has 0 bridgehead atoms. The maximum Gasteiger partial charge on any atom is 0.246 e. The molecular weight excluding hydrogens is 418 g/mol. The molecule has 0 aromatic heterocycles. The van der Waals surface area contributed by atoms with E-state index in [-0.39, 0.29) is 30.2 Å². The van der Waals surface area contributed by atoms with Gasteiger partial charge in [0, 0.05) is 32.0 Å². The molecule has 31 heavy (non-hydrogen) atoms. The Morgan fingerprint density at radius 2 is 1.68 bits per heavy atom. The van der Waals surface area contributed by atoms with E-state index in [0.29, 0.717) is 35.7 Å². The van der Waals surface area contributed by atoms with Gasteiger partial charge in [0.1, 0.15) is 27.7 Å². The summed E-state index contributed by atoms with van der Waals surface area (Å²) < 4.78 is 45.1. The van der Waals surface area contributed by atoms with Crippen molar-refractivity contribution in [1.82, 2.24) is 4.31 Å². The van der Waals surface area contributed by atoms with Crippen LogP contribution in [0.2, 0.25) is 0 Å². The van der Waals surface area contributed by atoms with Gasteiger partial charge in [0.05, 0.1) is 26.2 Å². The molecule has 7 nitrogen and oxygen atoms in total. The Morgan fingerprint density at radius 3 is 2.32 bits per heavy atom. The quantitative estimate of drug-likeness (QED) is 0.716. The molecule has 1 spiro atoms. The molecule has 0 unspecified atom stereocenters. The molecule has 0 amide bonds. The van der Waals surface area contributed by atoms with E-state index in [9.17, 15) is 13.2 Å². The van der Waals surface area contributed by atoms with Gasteiger partial charge in [-0.2, -0.15) is 4.31 Å². The molecule has 2 aliphatic heterocycles. The molecule has 2 aromatic carbocycles. The van der Waals surface area contributed by atoms with Gasteiger partial charge in [-0.15, -0.1) is 0 Å². The molecule has 0 aliphatic carbocycles. The number of sulfonamides is 1. The third kappa shape index (κ3) is 3.78. The summed E-state index contributed by atoms with van der Waals surface area (Å²) in [5.41, 5.74) is 1.70. The predicted molar refractivity (Wildman–Crippen MR) is 116 cm³/mol. The van der Waals surface area contributed by atoms with Crippen LogP contribution in [-0.4, -0.2) is 51.4 Å². The summed E-state index contributed by atoms with van der Waals surface area (Å²) in [6.45, 7) is 4.34. The van der Waals surface area contributed by atoms with Crippen LogP contribution in [0.1, 0.15) is 40.7 Å². The van der Waals surface area contributed by atoms with Crippen molar-refractivity contribution in [3.05, 3.63) is 47.0 Å². The van der Waals surface area contributed by atoms with Gasteiger partial charge in [0.25, 0.3) is 0 Å². The molecule has 8 heteroatoms. The first-order valence-electron chi connectivity index (χ1n) is 10.2. The summed E-state index contributed by atoms with van der Waals surface area (Å²) in [5.74, 6) is 1.47. The number of aryl methyl sites for hydroxylation is 2. The molecule has 0 N–H and O–H groups in total. The van der Waals surface area contributed by atoms with E-state index in [0.717, 1.165) is 11.1 Å². The van der Waals surface area contributed by atoms with Crippen molar-refractivity contribution < 1.29 is 27.4 Å².